The Bertz CT molecular complexity index is 335. The smallest absolute Gasteiger partial charge is 0.188 e. The number of aromatic nitrogens is 2. The number of hydrogen-bond acceptors (Lipinski definition) is 4. The average Bonchev–Trinajstić information content (AvgIpc) is 2.16. The molecule has 0 saturated carbocycles. The first-order chi connectivity index (χ1) is 7.11. The lowest BCUT2D eigenvalue weighted by Crippen LogP contribution is -2.03. The second-order valence-electron chi connectivity index (χ2n) is 3.21. The van der Waals surface area contributed by atoms with E-state index in [1.165, 1.54) is 0 Å². The summed E-state index contributed by atoms with van der Waals surface area (Å²) in [7, 11) is -0.688. The Labute approximate surface area is 97.6 Å². The molecule has 1 atom stereocenters. The third kappa shape index (κ3) is 4.75. The van der Waals surface area contributed by atoms with E-state index in [0.29, 0.717) is 0 Å². The summed E-state index contributed by atoms with van der Waals surface area (Å²) in [6.45, 7) is 5.86. The van der Waals surface area contributed by atoms with Crippen molar-refractivity contribution in [1.29, 1.82) is 0 Å². The van der Waals surface area contributed by atoms with E-state index in [1.54, 1.807) is 11.8 Å². The van der Waals surface area contributed by atoms with Crippen LogP contribution in [-0.4, -0.2) is 31.4 Å². The summed E-state index contributed by atoms with van der Waals surface area (Å²) >= 11 is 1.58. The largest absolute Gasteiger partial charge is 0.260 e. The Balaban J connectivity index is 2.47. The lowest BCUT2D eigenvalue weighted by atomic mass is 10.4. The number of aryl methyl sites for hydroxylation is 2. The summed E-state index contributed by atoms with van der Waals surface area (Å²) in [6.07, 6.45) is 0. The summed E-state index contributed by atoms with van der Waals surface area (Å²) in [5, 5.41) is 0.792. The fraction of sp³-hybridized carbons (Fsp3) is 0.600. The normalized spacial score (nSPS) is 12.7. The Morgan fingerprint density at radius 1 is 1.33 bits per heavy atom. The van der Waals surface area contributed by atoms with E-state index in [1.807, 2.05) is 26.8 Å². The van der Waals surface area contributed by atoms with Crippen LogP contribution in [0, 0.1) is 13.8 Å². The predicted molar refractivity (Wildman–Crippen MR) is 65.8 cm³/mol. The molecular weight excluding hydrogens is 228 g/mol. The molecular formula is C10H16N2OS2. The third-order valence-corrected chi connectivity index (χ3v) is 4.24. The standard InChI is InChI=1S/C10H16N2OS2/c1-4-15(13)6-5-14-10-11-8(2)7-9(3)12-10/h7H,4-6H2,1-3H3/t15-/m1/s1. The molecule has 1 aromatic heterocycles. The zero-order chi connectivity index (χ0) is 11.3. The minimum atomic E-state index is -0.688. The van der Waals surface area contributed by atoms with Gasteiger partial charge in [0.25, 0.3) is 0 Å². The van der Waals surface area contributed by atoms with Gasteiger partial charge in [-0.3, -0.25) is 4.21 Å². The van der Waals surface area contributed by atoms with Gasteiger partial charge < -0.3 is 0 Å². The van der Waals surface area contributed by atoms with Crippen LogP contribution in [0.3, 0.4) is 0 Å². The quantitative estimate of drug-likeness (QED) is 0.586. The zero-order valence-electron chi connectivity index (χ0n) is 9.32. The minimum absolute atomic E-state index is 0.688. The van der Waals surface area contributed by atoms with Crippen molar-refractivity contribution in [3.8, 4) is 0 Å². The molecule has 5 heteroatoms. The van der Waals surface area contributed by atoms with Crippen molar-refractivity contribution < 1.29 is 4.21 Å². The number of rotatable bonds is 5. The van der Waals surface area contributed by atoms with E-state index in [2.05, 4.69) is 9.97 Å². The number of thioether (sulfide) groups is 1. The van der Waals surface area contributed by atoms with Crippen molar-refractivity contribution in [2.75, 3.05) is 17.3 Å². The molecule has 0 radical (unpaired) electrons. The van der Waals surface area contributed by atoms with Gasteiger partial charge in [-0.05, 0) is 19.9 Å². The fourth-order valence-corrected chi connectivity index (χ4v) is 3.09. The molecule has 0 aromatic carbocycles. The van der Waals surface area contributed by atoms with Gasteiger partial charge in [0.2, 0.25) is 0 Å². The van der Waals surface area contributed by atoms with Crippen molar-refractivity contribution >= 4 is 22.6 Å². The summed E-state index contributed by atoms with van der Waals surface area (Å²) in [4.78, 5) is 8.62. The second kappa shape index (κ2) is 6.23. The average molecular weight is 244 g/mol. The maximum absolute atomic E-state index is 11.2. The first kappa shape index (κ1) is 12.6. The molecule has 1 aromatic rings. The van der Waals surface area contributed by atoms with Crippen LogP contribution in [0.25, 0.3) is 0 Å². The molecule has 0 fully saturated rings. The first-order valence-corrected chi connectivity index (χ1v) is 7.39. The summed E-state index contributed by atoms with van der Waals surface area (Å²) in [5.41, 5.74) is 1.98. The molecule has 0 spiro atoms. The van der Waals surface area contributed by atoms with Gasteiger partial charge in [0.1, 0.15) is 0 Å². The van der Waals surface area contributed by atoms with Gasteiger partial charge in [-0.1, -0.05) is 18.7 Å². The van der Waals surface area contributed by atoms with Gasteiger partial charge in [-0.25, -0.2) is 9.97 Å². The molecule has 1 rings (SSSR count). The van der Waals surface area contributed by atoms with Crippen molar-refractivity contribution in [1.82, 2.24) is 9.97 Å². The molecule has 15 heavy (non-hydrogen) atoms. The molecule has 0 aliphatic carbocycles. The Hall–Kier alpha value is -0.420. The maximum Gasteiger partial charge on any atom is 0.188 e. The summed E-state index contributed by atoms with van der Waals surface area (Å²) in [5.74, 6) is 2.27. The van der Waals surface area contributed by atoms with E-state index in [4.69, 9.17) is 0 Å². The highest BCUT2D eigenvalue weighted by molar-refractivity contribution is 8.00. The fourth-order valence-electron chi connectivity index (χ4n) is 1.13. The Morgan fingerprint density at radius 2 is 1.93 bits per heavy atom. The molecule has 1 heterocycles. The van der Waals surface area contributed by atoms with Crippen LogP contribution in [-0.2, 0) is 10.8 Å². The van der Waals surface area contributed by atoms with Gasteiger partial charge in [0.05, 0.1) is 0 Å². The van der Waals surface area contributed by atoms with Crippen molar-refractivity contribution in [2.24, 2.45) is 0 Å². The van der Waals surface area contributed by atoms with E-state index in [9.17, 15) is 4.21 Å². The van der Waals surface area contributed by atoms with Crippen LogP contribution in [0.2, 0.25) is 0 Å². The molecule has 0 N–H and O–H groups in total. The maximum atomic E-state index is 11.2. The monoisotopic (exact) mass is 244 g/mol. The van der Waals surface area contributed by atoms with Crippen LogP contribution >= 0.6 is 11.8 Å². The van der Waals surface area contributed by atoms with E-state index >= 15 is 0 Å². The highest BCUT2D eigenvalue weighted by Crippen LogP contribution is 2.13. The number of nitrogens with zero attached hydrogens (tertiary/aromatic N) is 2. The van der Waals surface area contributed by atoms with Crippen LogP contribution in [0.1, 0.15) is 18.3 Å². The van der Waals surface area contributed by atoms with E-state index in [0.717, 1.165) is 33.8 Å². The molecule has 0 bridgehead atoms. The van der Waals surface area contributed by atoms with Crippen LogP contribution < -0.4 is 0 Å². The Kier molecular flexibility index (Phi) is 5.25. The van der Waals surface area contributed by atoms with Crippen LogP contribution in [0.5, 0.6) is 0 Å². The minimum Gasteiger partial charge on any atom is -0.260 e. The van der Waals surface area contributed by atoms with Gasteiger partial charge in [-0.2, -0.15) is 0 Å². The van der Waals surface area contributed by atoms with Gasteiger partial charge in [0.15, 0.2) is 5.16 Å². The first-order valence-electron chi connectivity index (χ1n) is 4.92. The molecule has 0 saturated heterocycles. The van der Waals surface area contributed by atoms with E-state index in [-0.39, 0.29) is 0 Å². The van der Waals surface area contributed by atoms with E-state index < -0.39 is 10.8 Å². The van der Waals surface area contributed by atoms with Gasteiger partial charge in [0, 0.05) is 39.4 Å². The highest BCUT2D eigenvalue weighted by atomic mass is 32.2. The van der Waals surface area contributed by atoms with Gasteiger partial charge >= 0.3 is 0 Å². The zero-order valence-corrected chi connectivity index (χ0v) is 11.0. The topological polar surface area (TPSA) is 42.9 Å². The summed E-state index contributed by atoms with van der Waals surface area (Å²) < 4.78 is 11.2. The highest BCUT2D eigenvalue weighted by Gasteiger charge is 2.02. The molecule has 84 valence electrons. The molecule has 0 aliphatic heterocycles. The Morgan fingerprint density at radius 3 is 2.47 bits per heavy atom. The molecule has 3 nitrogen and oxygen atoms in total. The predicted octanol–water partition coefficient (Wildman–Crippen LogP) is 1.95. The molecule has 0 amide bonds. The summed E-state index contributed by atoms with van der Waals surface area (Å²) in [6, 6.07) is 1.95. The van der Waals surface area contributed by atoms with Crippen molar-refractivity contribution in [3.05, 3.63) is 17.5 Å². The SMILES string of the molecule is CC[S@@](=O)CCSc1nc(C)cc(C)n1. The second-order valence-corrected chi connectivity index (χ2v) is 6.14. The van der Waals surface area contributed by atoms with Crippen molar-refractivity contribution in [3.63, 3.8) is 0 Å². The van der Waals surface area contributed by atoms with Crippen LogP contribution in [0.15, 0.2) is 11.2 Å². The third-order valence-electron chi connectivity index (χ3n) is 1.83. The van der Waals surface area contributed by atoms with Crippen molar-refractivity contribution in [2.45, 2.75) is 25.9 Å². The molecule has 0 aliphatic rings. The molecule has 0 unspecified atom stereocenters. The lowest BCUT2D eigenvalue weighted by molar-refractivity contribution is 0.685. The van der Waals surface area contributed by atoms with Crippen LogP contribution in [0.4, 0.5) is 0 Å². The lowest BCUT2D eigenvalue weighted by Gasteiger charge is -2.02. The number of hydrogen-bond donors (Lipinski definition) is 0. The van der Waals surface area contributed by atoms with Gasteiger partial charge in [-0.15, -0.1) is 0 Å².